The van der Waals surface area contributed by atoms with Crippen LogP contribution < -0.4 is 5.32 Å². The number of benzene rings is 3. The monoisotopic (exact) mass is 468 g/mol. The predicted octanol–water partition coefficient (Wildman–Crippen LogP) is 5.71. The number of oxazole rings is 1. The van der Waals surface area contributed by atoms with E-state index in [-0.39, 0.29) is 23.0 Å². The lowest BCUT2D eigenvalue weighted by atomic mass is 10.1. The number of carboxylic acid groups (broad SMARTS) is 1. The molecule has 4 aromatic rings. The summed E-state index contributed by atoms with van der Waals surface area (Å²) in [6.07, 6.45) is 2.39. The Morgan fingerprint density at radius 1 is 1.09 bits per heavy atom. The first-order valence-corrected chi connectivity index (χ1v) is 10.0. The molecule has 4 rings (SSSR count). The largest absolute Gasteiger partial charge is 0.481 e. The van der Waals surface area contributed by atoms with Crippen molar-refractivity contribution in [2.24, 2.45) is 0 Å². The molecule has 2 N–H and O–H groups in total. The fraction of sp³-hybridized carbons (Fsp3) is 0.0417. The molecule has 9 heteroatoms. The molecule has 0 spiro atoms. The van der Waals surface area contributed by atoms with E-state index in [0.717, 1.165) is 12.1 Å². The van der Waals surface area contributed by atoms with Gasteiger partial charge in [-0.05, 0) is 59.7 Å². The third kappa shape index (κ3) is 5.24. The molecule has 0 radical (unpaired) electrons. The second-order valence-corrected chi connectivity index (χ2v) is 7.48. The maximum atomic E-state index is 14.6. The first-order valence-electron chi connectivity index (χ1n) is 9.64. The summed E-state index contributed by atoms with van der Waals surface area (Å²) in [5.74, 6) is -2.62. The van der Waals surface area contributed by atoms with Gasteiger partial charge in [-0.15, -0.1) is 0 Å². The van der Waals surface area contributed by atoms with Crippen LogP contribution >= 0.6 is 11.6 Å². The number of anilines is 1. The maximum Gasteiger partial charge on any atom is 0.307 e. The highest BCUT2D eigenvalue weighted by molar-refractivity contribution is 6.32. The number of carboxylic acids is 1. The number of aromatic nitrogens is 1. The fourth-order valence-corrected chi connectivity index (χ4v) is 3.34. The summed E-state index contributed by atoms with van der Waals surface area (Å²) in [6, 6.07) is 12.6. The number of hydrogen-bond donors (Lipinski definition) is 2. The zero-order valence-corrected chi connectivity index (χ0v) is 17.6. The van der Waals surface area contributed by atoms with Gasteiger partial charge in [-0.2, -0.15) is 0 Å². The smallest absolute Gasteiger partial charge is 0.307 e. The quantitative estimate of drug-likeness (QED) is 0.354. The van der Waals surface area contributed by atoms with Crippen LogP contribution in [0.3, 0.4) is 0 Å². The van der Waals surface area contributed by atoms with E-state index in [0.29, 0.717) is 27.8 Å². The first kappa shape index (κ1) is 22.2. The molecule has 1 heterocycles. The molecule has 166 valence electrons. The summed E-state index contributed by atoms with van der Waals surface area (Å²) in [5, 5.41) is 11.5. The van der Waals surface area contributed by atoms with Crippen molar-refractivity contribution in [1.82, 2.24) is 4.98 Å². The second-order valence-electron chi connectivity index (χ2n) is 7.07. The number of hydrogen-bond acceptors (Lipinski definition) is 4. The summed E-state index contributed by atoms with van der Waals surface area (Å²) in [4.78, 5) is 27.3. The summed E-state index contributed by atoms with van der Waals surface area (Å²) < 4.78 is 33.3. The molecule has 0 saturated heterocycles. The average molecular weight is 469 g/mol. The number of halogens is 3. The third-order valence-electron chi connectivity index (χ3n) is 4.66. The van der Waals surface area contributed by atoms with Crippen molar-refractivity contribution in [3.63, 3.8) is 0 Å². The first-order chi connectivity index (χ1) is 15.8. The van der Waals surface area contributed by atoms with E-state index in [4.69, 9.17) is 21.1 Å². The van der Waals surface area contributed by atoms with E-state index in [9.17, 15) is 18.4 Å². The summed E-state index contributed by atoms with van der Waals surface area (Å²) in [7, 11) is 0. The van der Waals surface area contributed by atoms with Crippen LogP contribution in [0, 0.1) is 11.6 Å². The van der Waals surface area contributed by atoms with Gasteiger partial charge in [0.25, 0.3) is 0 Å². The zero-order valence-electron chi connectivity index (χ0n) is 16.8. The number of carbonyl (C=O) groups excluding carboxylic acids is 1. The Morgan fingerprint density at radius 3 is 2.64 bits per heavy atom. The summed E-state index contributed by atoms with van der Waals surface area (Å²) >= 11 is 5.91. The Labute approximate surface area is 191 Å². The standard InChI is InChI=1S/C24H15ClF2N2O4/c25-17-12-16(26)5-2-14(17)4-8-22(30)28-19-6-3-15(11-18(19)27)24-29-20-9-13(10-23(31)32)1-7-21(20)33-24/h1-9,11-12H,10H2,(H,28,30)(H,31,32). The Kier molecular flexibility index (Phi) is 6.19. The Morgan fingerprint density at radius 2 is 1.91 bits per heavy atom. The number of amides is 1. The fourth-order valence-electron chi connectivity index (χ4n) is 3.11. The van der Waals surface area contributed by atoms with Crippen LogP contribution in [0.5, 0.6) is 0 Å². The van der Waals surface area contributed by atoms with E-state index in [1.165, 1.54) is 36.4 Å². The molecule has 0 aliphatic rings. The molecule has 0 fully saturated rings. The van der Waals surface area contributed by atoms with Crippen LogP contribution in [0.2, 0.25) is 5.02 Å². The Balaban J connectivity index is 1.50. The van der Waals surface area contributed by atoms with Gasteiger partial charge in [0, 0.05) is 11.6 Å². The third-order valence-corrected chi connectivity index (χ3v) is 4.99. The van der Waals surface area contributed by atoms with Crippen LogP contribution in [0.4, 0.5) is 14.5 Å². The van der Waals surface area contributed by atoms with E-state index in [2.05, 4.69) is 10.3 Å². The van der Waals surface area contributed by atoms with E-state index >= 15 is 0 Å². The molecular weight excluding hydrogens is 454 g/mol. The van der Waals surface area contributed by atoms with Crippen LogP contribution in [-0.2, 0) is 16.0 Å². The second kappa shape index (κ2) is 9.22. The molecule has 0 unspecified atom stereocenters. The van der Waals surface area contributed by atoms with Crippen molar-refractivity contribution >= 4 is 46.3 Å². The van der Waals surface area contributed by atoms with Gasteiger partial charge in [-0.25, -0.2) is 13.8 Å². The number of nitrogens with one attached hydrogen (secondary N) is 1. The number of fused-ring (bicyclic) bond motifs is 1. The van der Waals surface area contributed by atoms with Gasteiger partial charge >= 0.3 is 5.97 Å². The van der Waals surface area contributed by atoms with Crippen molar-refractivity contribution in [1.29, 1.82) is 0 Å². The summed E-state index contributed by atoms with van der Waals surface area (Å²) in [6.45, 7) is 0. The lowest BCUT2D eigenvalue weighted by Gasteiger charge is -2.05. The SMILES string of the molecule is O=C(O)Cc1ccc2oc(-c3ccc(NC(=O)C=Cc4ccc(F)cc4Cl)c(F)c3)nc2c1. The summed E-state index contributed by atoms with van der Waals surface area (Å²) in [5.41, 5.74) is 2.17. The minimum absolute atomic E-state index is 0.0570. The van der Waals surface area contributed by atoms with Gasteiger partial charge in [0.05, 0.1) is 17.1 Å². The number of carbonyl (C=O) groups is 2. The molecule has 1 amide bonds. The van der Waals surface area contributed by atoms with Crippen LogP contribution in [0.15, 0.2) is 65.1 Å². The molecule has 6 nitrogen and oxygen atoms in total. The lowest BCUT2D eigenvalue weighted by Crippen LogP contribution is -2.09. The highest BCUT2D eigenvalue weighted by Crippen LogP contribution is 2.28. The molecule has 3 aromatic carbocycles. The van der Waals surface area contributed by atoms with Crippen LogP contribution in [-0.4, -0.2) is 22.0 Å². The lowest BCUT2D eigenvalue weighted by molar-refractivity contribution is -0.136. The molecule has 33 heavy (non-hydrogen) atoms. The molecule has 0 aliphatic heterocycles. The van der Waals surface area contributed by atoms with Gasteiger partial charge in [0.2, 0.25) is 11.8 Å². The van der Waals surface area contributed by atoms with E-state index < -0.39 is 23.5 Å². The van der Waals surface area contributed by atoms with Crippen molar-refractivity contribution < 1.29 is 27.9 Å². The van der Waals surface area contributed by atoms with Gasteiger partial charge in [-0.1, -0.05) is 23.7 Å². The molecule has 0 saturated carbocycles. The van der Waals surface area contributed by atoms with Gasteiger partial charge in [0.1, 0.15) is 17.2 Å². The highest BCUT2D eigenvalue weighted by atomic mass is 35.5. The molecule has 0 aliphatic carbocycles. The molecule has 1 aromatic heterocycles. The van der Waals surface area contributed by atoms with E-state index in [1.807, 2.05) is 0 Å². The highest BCUT2D eigenvalue weighted by Gasteiger charge is 2.13. The van der Waals surface area contributed by atoms with Crippen molar-refractivity contribution in [3.8, 4) is 11.5 Å². The zero-order chi connectivity index (χ0) is 23.5. The average Bonchev–Trinajstić information content (AvgIpc) is 3.17. The normalized spacial score (nSPS) is 11.2. The number of nitrogens with zero attached hydrogens (tertiary/aromatic N) is 1. The van der Waals surface area contributed by atoms with Crippen molar-refractivity contribution in [2.75, 3.05) is 5.32 Å². The Bertz CT molecular complexity index is 1420. The van der Waals surface area contributed by atoms with Gasteiger partial charge in [-0.3, -0.25) is 9.59 Å². The minimum Gasteiger partial charge on any atom is -0.481 e. The molecule has 0 atom stereocenters. The number of aliphatic carboxylic acids is 1. The topological polar surface area (TPSA) is 92.4 Å². The van der Waals surface area contributed by atoms with E-state index in [1.54, 1.807) is 18.2 Å². The molecular formula is C24H15ClF2N2O4. The Hall–Kier alpha value is -4.04. The maximum absolute atomic E-state index is 14.6. The van der Waals surface area contributed by atoms with Gasteiger partial charge < -0.3 is 14.8 Å². The number of rotatable bonds is 6. The minimum atomic E-state index is -0.964. The van der Waals surface area contributed by atoms with Crippen LogP contribution in [0.25, 0.3) is 28.6 Å². The van der Waals surface area contributed by atoms with Crippen LogP contribution in [0.1, 0.15) is 11.1 Å². The van der Waals surface area contributed by atoms with Crippen molar-refractivity contribution in [3.05, 3.63) is 88.5 Å². The predicted molar refractivity (Wildman–Crippen MR) is 120 cm³/mol. The van der Waals surface area contributed by atoms with Crippen molar-refractivity contribution in [2.45, 2.75) is 6.42 Å². The van der Waals surface area contributed by atoms with Gasteiger partial charge in [0.15, 0.2) is 5.58 Å². The molecule has 0 bridgehead atoms.